The number of nitrogens with zero attached hydrogens (tertiary/aromatic N) is 1. The van der Waals surface area contributed by atoms with Gasteiger partial charge in [-0.05, 0) is 69.5 Å². The molecule has 0 aliphatic carbocycles. The first-order valence-electron chi connectivity index (χ1n) is 14.7. The van der Waals surface area contributed by atoms with E-state index in [0.717, 1.165) is 24.2 Å². The highest BCUT2D eigenvalue weighted by Crippen LogP contribution is 2.17. The van der Waals surface area contributed by atoms with Crippen LogP contribution < -0.4 is 15.4 Å². The van der Waals surface area contributed by atoms with Gasteiger partial charge in [0, 0.05) is 19.4 Å². The number of hydrogen-bond donors (Lipinski definition) is 2. The number of ether oxygens (including phenoxy) is 2. The van der Waals surface area contributed by atoms with Gasteiger partial charge in [0.05, 0.1) is 0 Å². The standard InChI is InChI=1S/C33H49N3O5/c1-8-36(9-2)20-19-30(37)34-28(21-24(3)4)31(38)35-29(32(39)41-33(5,6)7)22-25-15-17-27(18-16-25)40-23-26-13-11-10-12-14-26/h10-18,24,28-29H,8-9,19-23H2,1-7H3,(H,34,37)(H,35,38)/t28-,29-/m0/s1. The van der Waals surface area contributed by atoms with Crippen LogP contribution in [-0.4, -0.2) is 60.0 Å². The summed E-state index contributed by atoms with van der Waals surface area (Å²) in [6.07, 6.45) is 0.999. The fourth-order valence-electron chi connectivity index (χ4n) is 4.31. The molecule has 0 saturated carbocycles. The average Bonchev–Trinajstić information content (AvgIpc) is 2.91. The average molecular weight is 568 g/mol. The third kappa shape index (κ3) is 13.2. The minimum atomic E-state index is -0.917. The molecule has 0 fully saturated rings. The van der Waals surface area contributed by atoms with Gasteiger partial charge in [0.1, 0.15) is 30.0 Å². The van der Waals surface area contributed by atoms with Crippen molar-refractivity contribution in [2.24, 2.45) is 5.92 Å². The highest BCUT2D eigenvalue weighted by Gasteiger charge is 2.30. The molecular weight excluding hydrogens is 518 g/mol. The van der Waals surface area contributed by atoms with Crippen molar-refractivity contribution in [2.45, 2.75) is 92.0 Å². The maximum atomic E-state index is 13.4. The number of carbonyl (C=O) groups is 3. The highest BCUT2D eigenvalue weighted by molar-refractivity contribution is 5.91. The second-order valence-electron chi connectivity index (χ2n) is 11.7. The first-order chi connectivity index (χ1) is 19.4. The van der Waals surface area contributed by atoms with Crippen molar-refractivity contribution in [3.8, 4) is 5.75 Å². The number of amides is 2. The van der Waals surface area contributed by atoms with Gasteiger partial charge in [-0.2, -0.15) is 0 Å². The van der Waals surface area contributed by atoms with Gasteiger partial charge < -0.3 is 25.0 Å². The smallest absolute Gasteiger partial charge is 0.329 e. The summed E-state index contributed by atoms with van der Waals surface area (Å²) in [6, 6.07) is 15.7. The Morgan fingerprint density at radius 3 is 2.05 bits per heavy atom. The number of benzene rings is 2. The fraction of sp³-hybridized carbons (Fsp3) is 0.545. The van der Waals surface area contributed by atoms with E-state index in [2.05, 4.69) is 29.4 Å². The van der Waals surface area contributed by atoms with E-state index >= 15 is 0 Å². The van der Waals surface area contributed by atoms with Crippen molar-refractivity contribution in [2.75, 3.05) is 19.6 Å². The van der Waals surface area contributed by atoms with E-state index in [1.807, 2.05) is 68.4 Å². The summed E-state index contributed by atoms with van der Waals surface area (Å²) in [6.45, 7) is 16.3. The second kappa shape index (κ2) is 16.8. The van der Waals surface area contributed by atoms with Crippen LogP contribution in [0.15, 0.2) is 54.6 Å². The molecule has 2 aromatic carbocycles. The summed E-state index contributed by atoms with van der Waals surface area (Å²) in [5.74, 6) is -0.227. The van der Waals surface area contributed by atoms with Crippen LogP contribution in [0, 0.1) is 5.92 Å². The Hall–Kier alpha value is -3.39. The number of esters is 1. The van der Waals surface area contributed by atoms with Crippen LogP contribution in [0.4, 0.5) is 0 Å². The molecule has 41 heavy (non-hydrogen) atoms. The predicted molar refractivity (Wildman–Crippen MR) is 162 cm³/mol. The van der Waals surface area contributed by atoms with Crippen LogP contribution in [0.2, 0.25) is 0 Å². The molecule has 0 saturated heterocycles. The van der Waals surface area contributed by atoms with Gasteiger partial charge in [0.2, 0.25) is 11.8 Å². The van der Waals surface area contributed by atoms with Crippen molar-refractivity contribution >= 4 is 17.8 Å². The zero-order chi connectivity index (χ0) is 30.4. The molecule has 0 aromatic heterocycles. The minimum absolute atomic E-state index is 0.164. The van der Waals surface area contributed by atoms with Crippen LogP contribution in [0.25, 0.3) is 0 Å². The van der Waals surface area contributed by atoms with E-state index in [4.69, 9.17) is 9.47 Å². The van der Waals surface area contributed by atoms with Gasteiger partial charge in [0.25, 0.3) is 0 Å². The molecule has 2 rings (SSSR count). The monoisotopic (exact) mass is 567 g/mol. The molecule has 8 heteroatoms. The van der Waals surface area contributed by atoms with Gasteiger partial charge in [-0.1, -0.05) is 70.2 Å². The van der Waals surface area contributed by atoms with Crippen molar-refractivity contribution in [3.63, 3.8) is 0 Å². The number of hydrogen-bond acceptors (Lipinski definition) is 6. The molecule has 2 atom stereocenters. The molecule has 0 heterocycles. The van der Waals surface area contributed by atoms with Crippen molar-refractivity contribution in [1.82, 2.24) is 15.5 Å². The summed E-state index contributed by atoms with van der Waals surface area (Å²) in [4.78, 5) is 41.5. The molecule has 0 aliphatic rings. The van der Waals surface area contributed by atoms with Crippen LogP contribution in [0.5, 0.6) is 5.75 Å². The van der Waals surface area contributed by atoms with Gasteiger partial charge >= 0.3 is 5.97 Å². The zero-order valence-electron chi connectivity index (χ0n) is 25.9. The summed E-state index contributed by atoms with van der Waals surface area (Å²) in [5.41, 5.74) is 1.20. The quantitative estimate of drug-likeness (QED) is 0.280. The first kappa shape index (κ1) is 33.8. The molecule has 226 valence electrons. The lowest BCUT2D eigenvalue weighted by atomic mass is 10.0. The lowest BCUT2D eigenvalue weighted by Crippen LogP contribution is -2.53. The van der Waals surface area contributed by atoms with E-state index in [0.29, 0.717) is 31.7 Å². The fourth-order valence-corrected chi connectivity index (χ4v) is 4.31. The minimum Gasteiger partial charge on any atom is -0.489 e. The van der Waals surface area contributed by atoms with Gasteiger partial charge in [0.15, 0.2) is 0 Å². The normalized spacial score (nSPS) is 13.0. The molecule has 0 bridgehead atoms. The van der Waals surface area contributed by atoms with E-state index in [1.54, 1.807) is 20.8 Å². The molecule has 0 unspecified atom stereocenters. The first-order valence-corrected chi connectivity index (χ1v) is 14.7. The van der Waals surface area contributed by atoms with Gasteiger partial charge in [-0.25, -0.2) is 4.79 Å². The lowest BCUT2D eigenvalue weighted by molar-refractivity contribution is -0.158. The zero-order valence-corrected chi connectivity index (χ0v) is 25.9. The molecule has 8 nitrogen and oxygen atoms in total. The van der Waals surface area contributed by atoms with Crippen LogP contribution >= 0.6 is 0 Å². The molecule has 2 aromatic rings. The maximum Gasteiger partial charge on any atom is 0.329 e. The topological polar surface area (TPSA) is 97.0 Å². The molecular formula is C33H49N3O5. The Balaban J connectivity index is 2.12. The van der Waals surface area contributed by atoms with E-state index in [9.17, 15) is 14.4 Å². The Morgan fingerprint density at radius 1 is 0.854 bits per heavy atom. The highest BCUT2D eigenvalue weighted by atomic mass is 16.6. The van der Waals surface area contributed by atoms with Crippen molar-refractivity contribution in [3.05, 3.63) is 65.7 Å². The van der Waals surface area contributed by atoms with Crippen molar-refractivity contribution in [1.29, 1.82) is 0 Å². The summed E-state index contributed by atoms with van der Waals surface area (Å²) in [5, 5.41) is 5.77. The predicted octanol–water partition coefficient (Wildman–Crippen LogP) is 4.90. The molecule has 0 aliphatic heterocycles. The Morgan fingerprint density at radius 2 is 1.49 bits per heavy atom. The Kier molecular flexibility index (Phi) is 13.8. The number of rotatable bonds is 16. The third-order valence-electron chi connectivity index (χ3n) is 6.53. The number of nitrogens with one attached hydrogen (secondary N) is 2. The van der Waals surface area contributed by atoms with Crippen LogP contribution in [0.1, 0.15) is 72.4 Å². The van der Waals surface area contributed by atoms with Crippen molar-refractivity contribution < 1.29 is 23.9 Å². The Labute approximate surface area is 246 Å². The lowest BCUT2D eigenvalue weighted by Gasteiger charge is -2.27. The largest absolute Gasteiger partial charge is 0.489 e. The summed E-state index contributed by atoms with van der Waals surface area (Å²) < 4.78 is 11.5. The Bertz CT molecular complexity index is 1080. The SMILES string of the molecule is CCN(CC)CCC(=O)N[C@@H](CC(C)C)C(=O)N[C@@H](Cc1ccc(OCc2ccccc2)cc1)C(=O)OC(C)(C)C. The molecule has 2 amide bonds. The second-order valence-corrected chi connectivity index (χ2v) is 11.7. The molecule has 0 radical (unpaired) electrons. The van der Waals surface area contributed by atoms with E-state index in [1.165, 1.54) is 0 Å². The third-order valence-corrected chi connectivity index (χ3v) is 6.53. The van der Waals surface area contributed by atoms with E-state index < -0.39 is 29.6 Å². The maximum absolute atomic E-state index is 13.4. The summed E-state index contributed by atoms with van der Waals surface area (Å²) in [7, 11) is 0. The molecule has 2 N–H and O–H groups in total. The van der Waals surface area contributed by atoms with Gasteiger partial charge in [-0.15, -0.1) is 0 Å². The summed E-state index contributed by atoms with van der Waals surface area (Å²) >= 11 is 0. The van der Waals surface area contributed by atoms with Gasteiger partial charge in [-0.3, -0.25) is 9.59 Å². The molecule has 0 spiro atoms. The van der Waals surface area contributed by atoms with Crippen LogP contribution in [0.3, 0.4) is 0 Å². The van der Waals surface area contributed by atoms with E-state index in [-0.39, 0.29) is 18.2 Å². The van der Waals surface area contributed by atoms with Crippen LogP contribution in [-0.2, 0) is 32.1 Å². The number of carbonyl (C=O) groups excluding carboxylic acids is 3.